The number of nitriles is 1. The summed E-state index contributed by atoms with van der Waals surface area (Å²) in [4.78, 5) is 2.19. The van der Waals surface area contributed by atoms with Crippen LogP contribution in [-0.4, -0.2) is 30.3 Å². The van der Waals surface area contributed by atoms with Crippen molar-refractivity contribution < 1.29 is 10.0 Å². The van der Waals surface area contributed by atoms with E-state index < -0.39 is 7.12 Å². The first-order chi connectivity index (χ1) is 8.22. The minimum atomic E-state index is -1.52. The van der Waals surface area contributed by atoms with Crippen LogP contribution >= 0.6 is 0 Å². The summed E-state index contributed by atoms with van der Waals surface area (Å²) in [7, 11) is -1.52. The van der Waals surface area contributed by atoms with Gasteiger partial charge in [0.05, 0.1) is 11.3 Å². The highest BCUT2D eigenvalue weighted by Gasteiger charge is 2.17. The molecule has 17 heavy (non-hydrogen) atoms. The Labute approximate surface area is 101 Å². The second kappa shape index (κ2) is 5.22. The lowest BCUT2D eigenvalue weighted by atomic mass is 9.79. The normalized spacial score (nSPS) is 15.5. The molecular formula is C12H15BN2O2. The van der Waals surface area contributed by atoms with Gasteiger partial charge in [-0.15, -0.1) is 0 Å². The topological polar surface area (TPSA) is 67.5 Å². The smallest absolute Gasteiger partial charge is 0.423 e. The maximum absolute atomic E-state index is 9.12. The molecule has 1 aliphatic rings. The van der Waals surface area contributed by atoms with Crippen molar-refractivity contribution in [3.05, 3.63) is 23.8 Å². The Balaban J connectivity index is 2.30. The van der Waals surface area contributed by atoms with Gasteiger partial charge in [0, 0.05) is 13.1 Å². The van der Waals surface area contributed by atoms with Crippen molar-refractivity contribution in [3.63, 3.8) is 0 Å². The highest BCUT2D eigenvalue weighted by Crippen LogP contribution is 2.22. The standard InChI is InChI=1S/C12H15BN2O2/c14-9-10-8-11(13(16)17)4-5-12(10)15-6-2-1-3-7-15/h4-5,8,16-17H,1-3,6-7H2. The molecule has 1 heterocycles. The van der Waals surface area contributed by atoms with Gasteiger partial charge in [0.1, 0.15) is 6.07 Å². The van der Waals surface area contributed by atoms with Gasteiger partial charge in [-0.3, -0.25) is 0 Å². The fourth-order valence-electron chi connectivity index (χ4n) is 2.21. The molecule has 0 amide bonds. The summed E-state index contributed by atoms with van der Waals surface area (Å²) in [5.74, 6) is 0. The molecule has 1 fully saturated rings. The van der Waals surface area contributed by atoms with Gasteiger partial charge >= 0.3 is 7.12 Å². The lowest BCUT2D eigenvalue weighted by Gasteiger charge is -2.29. The summed E-state index contributed by atoms with van der Waals surface area (Å²) in [5, 5.41) is 27.3. The van der Waals surface area contributed by atoms with Crippen LogP contribution in [0.4, 0.5) is 5.69 Å². The first-order valence-corrected chi connectivity index (χ1v) is 5.87. The molecule has 2 N–H and O–H groups in total. The van der Waals surface area contributed by atoms with E-state index in [-0.39, 0.29) is 0 Å². The number of rotatable bonds is 2. The first-order valence-electron chi connectivity index (χ1n) is 5.87. The number of anilines is 1. The summed E-state index contributed by atoms with van der Waals surface area (Å²) in [6.07, 6.45) is 3.54. The van der Waals surface area contributed by atoms with Gasteiger partial charge < -0.3 is 14.9 Å². The Morgan fingerprint density at radius 1 is 1.18 bits per heavy atom. The molecule has 2 rings (SSSR count). The fourth-order valence-corrected chi connectivity index (χ4v) is 2.21. The number of hydrogen-bond acceptors (Lipinski definition) is 4. The van der Waals surface area contributed by atoms with Gasteiger partial charge in [-0.2, -0.15) is 5.26 Å². The molecule has 0 saturated carbocycles. The number of hydrogen-bond donors (Lipinski definition) is 2. The van der Waals surface area contributed by atoms with Crippen LogP contribution < -0.4 is 10.4 Å². The summed E-state index contributed by atoms with van der Waals surface area (Å²) < 4.78 is 0. The van der Waals surface area contributed by atoms with Crippen molar-refractivity contribution in [2.75, 3.05) is 18.0 Å². The Hall–Kier alpha value is -1.51. The minimum absolute atomic E-state index is 0.363. The van der Waals surface area contributed by atoms with Crippen LogP contribution in [0.2, 0.25) is 0 Å². The number of piperidine rings is 1. The van der Waals surface area contributed by atoms with Crippen molar-refractivity contribution >= 4 is 18.3 Å². The molecule has 4 nitrogen and oxygen atoms in total. The molecule has 1 aromatic rings. The van der Waals surface area contributed by atoms with E-state index in [2.05, 4.69) is 11.0 Å². The molecule has 0 aromatic heterocycles. The molecule has 1 aromatic carbocycles. The fraction of sp³-hybridized carbons (Fsp3) is 0.417. The molecule has 0 unspecified atom stereocenters. The van der Waals surface area contributed by atoms with E-state index >= 15 is 0 Å². The second-order valence-corrected chi connectivity index (χ2v) is 4.31. The number of nitrogens with zero attached hydrogens (tertiary/aromatic N) is 2. The van der Waals surface area contributed by atoms with E-state index in [1.165, 1.54) is 6.42 Å². The summed E-state index contributed by atoms with van der Waals surface area (Å²) >= 11 is 0. The number of benzene rings is 1. The van der Waals surface area contributed by atoms with Crippen LogP contribution in [0, 0.1) is 11.3 Å². The summed E-state index contributed by atoms with van der Waals surface area (Å²) in [5.41, 5.74) is 1.77. The van der Waals surface area contributed by atoms with Gasteiger partial charge in [0.2, 0.25) is 0 Å². The predicted molar refractivity (Wildman–Crippen MR) is 67.0 cm³/mol. The lowest BCUT2D eigenvalue weighted by molar-refractivity contribution is 0.426. The van der Waals surface area contributed by atoms with Crippen molar-refractivity contribution in [1.82, 2.24) is 0 Å². The molecule has 1 saturated heterocycles. The van der Waals surface area contributed by atoms with Crippen molar-refractivity contribution in [3.8, 4) is 6.07 Å². The van der Waals surface area contributed by atoms with Gasteiger partial charge in [-0.25, -0.2) is 0 Å². The Morgan fingerprint density at radius 3 is 2.47 bits per heavy atom. The average Bonchev–Trinajstić information content (AvgIpc) is 2.39. The first kappa shape index (κ1) is 12.0. The van der Waals surface area contributed by atoms with Crippen LogP contribution in [0.3, 0.4) is 0 Å². The predicted octanol–water partition coefficient (Wildman–Crippen LogP) is 0.228. The van der Waals surface area contributed by atoms with Gasteiger partial charge in [-0.1, -0.05) is 6.07 Å². The molecule has 0 bridgehead atoms. The zero-order valence-corrected chi connectivity index (χ0v) is 9.63. The maximum atomic E-state index is 9.12. The Morgan fingerprint density at radius 2 is 1.88 bits per heavy atom. The van der Waals surface area contributed by atoms with Crippen LogP contribution in [0.15, 0.2) is 18.2 Å². The lowest BCUT2D eigenvalue weighted by Crippen LogP contribution is -2.33. The molecule has 0 aliphatic carbocycles. The molecule has 0 spiro atoms. The van der Waals surface area contributed by atoms with E-state index in [0.29, 0.717) is 11.0 Å². The van der Waals surface area contributed by atoms with Crippen LogP contribution in [0.25, 0.3) is 0 Å². The molecule has 0 radical (unpaired) electrons. The highest BCUT2D eigenvalue weighted by molar-refractivity contribution is 6.58. The zero-order valence-electron chi connectivity index (χ0n) is 9.63. The quantitative estimate of drug-likeness (QED) is 0.713. The van der Waals surface area contributed by atoms with Crippen LogP contribution in [0.1, 0.15) is 24.8 Å². The third-order valence-corrected chi connectivity index (χ3v) is 3.14. The van der Waals surface area contributed by atoms with Crippen LogP contribution in [-0.2, 0) is 0 Å². The largest absolute Gasteiger partial charge is 0.488 e. The third kappa shape index (κ3) is 2.60. The molecule has 1 aliphatic heterocycles. The Kier molecular flexibility index (Phi) is 3.67. The zero-order chi connectivity index (χ0) is 12.3. The minimum Gasteiger partial charge on any atom is -0.423 e. The average molecular weight is 230 g/mol. The Bertz CT molecular complexity index is 437. The molecule has 5 heteroatoms. The van der Waals surface area contributed by atoms with Gasteiger partial charge in [0.25, 0.3) is 0 Å². The third-order valence-electron chi connectivity index (χ3n) is 3.14. The van der Waals surface area contributed by atoms with E-state index in [1.807, 2.05) is 0 Å². The van der Waals surface area contributed by atoms with Crippen molar-refractivity contribution in [2.24, 2.45) is 0 Å². The second-order valence-electron chi connectivity index (χ2n) is 4.31. The molecular weight excluding hydrogens is 215 g/mol. The van der Waals surface area contributed by atoms with E-state index in [1.54, 1.807) is 18.2 Å². The summed E-state index contributed by atoms with van der Waals surface area (Å²) in [6, 6.07) is 7.14. The van der Waals surface area contributed by atoms with Crippen molar-refractivity contribution in [2.45, 2.75) is 19.3 Å². The monoisotopic (exact) mass is 230 g/mol. The van der Waals surface area contributed by atoms with E-state index in [4.69, 9.17) is 15.3 Å². The maximum Gasteiger partial charge on any atom is 0.488 e. The van der Waals surface area contributed by atoms with Crippen LogP contribution in [0.5, 0.6) is 0 Å². The van der Waals surface area contributed by atoms with Gasteiger partial charge in [-0.05, 0) is 36.9 Å². The van der Waals surface area contributed by atoms with Gasteiger partial charge in [0.15, 0.2) is 0 Å². The molecule has 0 atom stereocenters. The summed E-state index contributed by atoms with van der Waals surface area (Å²) in [6.45, 7) is 1.94. The SMILES string of the molecule is N#Cc1cc(B(O)O)ccc1N1CCCCC1. The highest BCUT2D eigenvalue weighted by atomic mass is 16.4. The van der Waals surface area contributed by atoms with Crippen molar-refractivity contribution in [1.29, 1.82) is 5.26 Å². The van der Waals surface area contributed by atoms with E-state index in [9.17, 15) is 0 Å². The molecule has 88 valence electrons. The van der Waals surface area contributed by atoms with E-state index in [0.717, 1.165) is 31.6 Å².